The largest absolute Gasteiger partial charge is 0.393 e. The first kappa shape index (κ1) is 14.3. The van der Waals surface area contributed by atoms with Crippen LogP contribution in [0.25, 0.3) is 0 Å². The van der Waals surface area contributed by atoms with Crippen LogP contribution in [0, 0.1) is 12.8 Å². The van der Waals surface area contributed by atoms with Crippen LogP contribution in [0.3, 0.4) is 0 Å². The molecule has 1 aromatic rings. The third kappa shape index (κ3) is 3.25. The van der Waals surface area contributed by atoms with E-state index in [4.69, 9.17) is 11.6 Å². The minimum Gasteiger partial charge on any atom is -0.393 e. The van der Waals surface area contributed by atoms with E-state index >= 15 is 0 Å². The maximum atomic E-state index is 12.5. The molecule has 0 aromatic carbocycles. The Kier molecular flexibility index (Phi) is 4.42. The lowest BCUT2D eigenvalue weighted by Crippen LogP contribution is -2.43. The number of hydrogen-bond acceptors (Lipinski definition) is 3. The second-order valence-corrected chi connectivity index (χ2v) is 5.55. The summed E-state index contributed by atoms with van der Waals surface area (Å²) in [4.78, 5) is 18.4. The first-order valence-electron chi connectivity index (χ1n) is 6.59. The molecule has 0 radical (unpaired) electrons. The number of nitrogens with zero attached hydrogens (tertiary/aromatic N) is 2. The van der Waals surface area contributed by atoms with Gasteiger partial charge in [0.25, 0.3) is 5.91 Å². The van der Waals surface area contributed by atoms with Gasteiger partial charge in [0.05, 0.1) is 17.4 Å². The average molecular weight is 283 g/mol. The number of rotatable bonds is 2. The number of carbonyl (C=O) groups excluding carboxylic acids is 1. The smallest absolute Gasteiger partial charge is 0.255 e. The third-order valence-corrected chi connectivity index (χ3v) is 3.92. The van der Waals surface area contributed by atoms with Gasteiger partial charge in [0.1, 0.15) is 5.15 Å². The molecule has 1 aliphatic heterocycles. The SMILES string of the molecule is Cc1nc(Cl)ccc1C(=O)N1CCCC(C(C)O)C1. The van der Waals surface area contributed by atoms with E-state index in [1.54, 1.807) is 30.9 Å². The molecular weight excluding hydrogens is 264 g/mol. The van der Waals surface area contributed by atoms with Crippen molar-refractivity contribution >= 4 is 17.5 Å². The molecular formula is C14H19ClN2O2. The van der Waals surface area contributed by atoms with Crippen LogP contribution < -0.4 is 0 Å². The summed E-state index contributed by atoms with van der Waals surface area (Å²) >= 11 is 5.80. The van der Waals surface area contributed by atoms with E-state index in [0.717, 1.165) is 19.4 Å². The third-order valence-electron chi connectivity index (χ3n) is 3.71. The summed E-state index contributed by atoms with van der Waals surface area (Å²) in [6.45, 7) is 4.92. The Labute approximate surface area is 118 Å². The van der Waals surface area contributed by atoms with Gasteiger partial charge in [0, 0.05) is 19.0 Å². The van der Waals surface area contributed by atoms with Crippen molar-refractivity contribution in [3.63, 3.8) is 0 Å². The fourth-order valence-corrected chi connectivity index (χ4v) is 2.70. The average Bonchev–Trinajstić information content (AvgIpc) is 2.38. The fraction of sp³-hybridized carbons (Fsp3) is 0.571. The van der Waals surface area contributed by atoms with Gasteiger partial charge in [-0.2, -0.15) is 0 Å². The van der Waals surface area contributed by atoms with Crippen LogP contribution in [0.5, 0.6) is 0 Å². The molecule has 1 saturated heterocycles. The van der Waals surface area contributed by atoms with Crippen molar-refractivity contribution in [3.8, 4) is 0 Å². The summed E-state index contributed by atoms with van der Waals surface area (Å²) in [5.74, 6) is 0.144. The Hall–Kier alpha value is -1.13. The minimum absolute atomic E-state index is 0.0213. The van der Waals surface area contributed by atoms with Gasteiger partial charge in [-0.15, -0.1) is 0 Å². The molecule has 4 nitrogen and oxygen atoms in total. The number of pyridine rings is 1. The van der Waals surface area contributed by atoms with Crippen molar-refractivity contribution in [3.05, 3.63) is 28.5 Å². The molecule has 1 aromatic heterocycles. The summed E-state index contributed by atoms with van der Waals surface area (Å²) in [5, 5.41) is 10.1. The first-order chi connectivity index (χ1) is 8.99. The highest BCUT2D eigenvalue weighted by Gasteiger charge is 2.27. The number of likely N-dealkylation sites (tertiary alicyclic amines) is 1. The van der Waals surface area contributed by atoms with Crippen LogP contribution in [0.4, 0.5) is 0 Å². The molecule has 0 bridgehead atoms. The van der Waals surface area contributed by atoms with Crippen molar-refractivity contribution < 1.29 is 9.90 Å². The van der Waals surface area contributed by atoms with Gasteiger partial charge in [-0.25, -0.2) is 4.98 Å². The minimum atomic E-state index is -0.375. The van der Waals surface area contributed by atoms with Crippen molar-refractivity contribution in [2.24, 2.45) is 5.92 Å². The summed E-state index contributed by atoms with van der Waals surface area (Å²) in [7, 11) is 0. The van der Waals surface area contributed by atoms with Gasteiger partial charge in [-0.1, -0.05) is 11.6 Å². The second-order valence-electron chi connectivity index (χ2n) is 5.16. The topological polar surface area (TPSA) is 53.4 Å². The van der Waals surface area contributed by atoms with E-state index in [-0.39, 0.29) is 17.9 Å². The van der Waals surface area contributed by atoms with Crippen molar-refractivity contribution in [2.75, 3.05) is 13.1 Å². The van der Waals surface area contributed by atoms with Crippen molar-refractivity contribution in [1.29, 1.82) is 0 Å². The lowest BCUT2D eigenvalue weighted by molar-refractivity contribution is 0.0465. The maximum absolute atomic E-state index is 12.5. The molecule has 2 atom stereocenters. The maximum Gasteiger partial charge on any atom is 0.255 e. The Bertz CT molecular complexity index is 477. The zero-order chi connectivity index (χ0) is 14.0. The molecule has 1 N–H and O–H groups in total. The fourth-order valence-electron chi connectivity index (χ4n) is 2.51. The number of hydrogen-bond donors (Lipinski definition) is 1. The summed E-state index contributed by atoms with van der Waals surface area (Å²) < 4.78 is 0. The predicted molar refractivity (Wildman–Crippen MR) is 74.3 cm³/mol. The summed E-state index contributed by atoms with van der Waals surface area (Å²) in [5.41, 5.74) is 1.24. The summed E-state index contributed by atoms with van der Waals surface area (Å²) in [6, 6.07) is 3.36. The Morgan fingerprint density at radius 1 is 1.58 bits per heavy atom. The number of amides is 1. The number of aliphatic hydroxyl groups excluding tert-OH is 1. The van der Waals surface area contributed by atoms with Crippen LogP contribution in [0.2, 0.25) is 5.15 Å². The van der Waals surface area contributed by atoms with Crippen LogP contribution in [-0.2, 0) is 0 Å². The van der Waals surface area contributed by atoms with E-state index in [2.05, 4.69) is 4.98 Å². The predicted octanol–water partition coefficient (Wildman–Crippen LogP) is 2.28. The lowest BCUT2D eigenvalue weighted by Gasteiger charge is -2.34. The molecule has 2 rings (SSSR count). The monoisotopic (exact) mass is 282 g/mol. The molecule has 104 valence electrons. The van der Waals surface area contributed by atoms with Crippen LogP contribution in [0.15, 0.2) is 12.1 Å². The zero-order valence-corrected chi connectivity index (χ0v) is 12.0. The van der Waals surface area contributed by atoms with Gasteiger partial charge in [-0.3, -0.25) is 4.79 Å². The second kappa shape index (κ2) is 5.88. The Morgan fingerprint density at radius 3 is 2.95 bits per heavy atom. The molecule has 5 heteroatoms. The Balaban J connectivity index is 2.15. The highest BCUT2D eigenvalue weighted by molar-refractivity contribution is 6.29. The summed E-state index contributed by atoms with van der Waals surface area (Å²) in [6.07, 6.45) is 1.53. The van der Waals surface area contributed by atoms with E-state index in [1.165, 1.54) is 0 Å². The Morgan fingerprint density at radius 2 is 2.32 bits per heavy atom. The number of aromatic nitrogens is 1. The zero-order valence-electron chi connectivity index (χ0n) is 11.3. The molecule has 0 aliphatic carbocycles. The van der Waals surface area contributed by atoms with E-state index < -0.39 is 0 Å². The van der Waals surface area contributed by atoms with Crippen LogP contribution in [0.1, 0.15) is 35.8 Å². The van der Waals surface area contributed by atoms with E-state index in [0.29, 0.717) is 23.0 Å². The molecule has 19 heavy (non-hydrogen) atoms. The van der Waals surface area contributed by atoms with E-state index in [1.807, 2.05) is 0 Å². The number of aliphatic hydroxyl groups is 1. The molecule has 1 aliphatic rings. The van der Waals surface area contributed by atoms with Gasteiger partial charge < -0.3 is 10.0 Å². The normalized spacial score (nSPS) is 21.3. The van der Waals surface area contributed by atoms with E-state index in [9.17, 15) is 9.90 Å². The quantitative estimate of drug-likeness (QED) is 0.847. The number of halogens is 1. The highest BCUT2D eigenvalue weighted by Crippen LogP contribution is 2.22. The van der Waals surface area contributed by atoms with Gasteiger partial charge >= 0.3 is 0 Å². The number of piperidine rings is 1. The highest BCUT2D eigenvalue weighted by atomic mass is 35.5. The van der Waals surface area contributed by atoms with Crippen LogP contribution in [-0.4, -0.2) is 40.1 Å². The molecule has 0 spiro atoms. The number of aryl methyl sites for hydroxylation is 1. The molecule has 2 unspecified atom stereocenters. The molecule has 1 fully saturated rings. The number of carbonyl (C=O) groups is 1. The van der Waals surface area contributed by atoms with Gasteiger partial charge in [-0.05, 0) is 38.8 Å². The first-order valence-corrected chi connectivity index (χ1v) is 6.97. The molecule has 0 saturated carbocycles. The van der Waals surface area contributed by atoms with Gasteiger partial charge in [0.2, 0.25) is 0 Å². The molecule has 1 amide bonds. The van der Waals surface area contributed by atoms with Gasteiger partial charge in [0.15, 0.2) is 0 Å². The standard InChI is InChI=1S/C14H19ClN2O2/c1-9-12(5-6-13(15)16-9)14(19)17-7-3-4-11(8-17)10(2)18/h5-6,10-11,18H,3-4,7-8H2,1-2H3. The molecule has 2 heterocycles. The van der Waals surface area contributed by atoms with Crippen molar-refractivity contribution in [2.45, 2.75) is 32.8 Å². The van der Waals surface area contributed by atoms with Crippen LogP contribution >= 0.6 is 11.6 Å². The lowest BCUT2D eigenvalue weighted by atomic mass is 9.93. The van der Waals surface area contributed by atoms with Crippen molar-refractivity contribution in [1.82, 2.24) is 9.88 Å².